The molecule has 0 amide bonds. The second-order valence-electron chi connectivity index (χ2n) is 9.49. The lowest BCUT2D eigenvalue weighted by molar-refractivity contribution is 0.463. The predicted octanol–water partition coefficient (Wildman–Crippen LogP) is 5.59. The number of aromatic amines is 1. The first kappa shape index (κ1) is 24.4. The lowest BCUT2D eigenvalue weighted by Crippen LogP contribution is -2.25. The second-order valence-corrected chi connectivity index (χ2v) is 9.49. The van der Waals surface area contributed by atoms with Crippen molar-refractivity contribution < 1.29 is 4.39 Å². The van der Waals surface area contributed by atoms with Crippen molar-refractivity contribution in [3.63, 3.8) is 0 Å². The third kappa shape index (κ3) is 5.00. The van der Waals surface area contributed by atoms with Gasteiger partial charge in [0.1, 0.15) is 6.67 Å². The van der Waals surface area contributed by atoms with Gasteiger partial charge in [-0.1, -0.05) is 80.6 Å². The number of tetrazole rings is 1. The maximum absolute atomic E-state index is 14.4. The highest BCUT2D eigenvalue weighted by Crippen LogP contribution is 2.30. The van der Waals surface area contributed by atoms with Crippen molar-refractivity contribution in [3.05, 3.63) is 106 Å². The van der Waals surface area contributed by atoms with E-state index in [4.69, 9.17) is 0 Å². The van der Waals surface area contributed by atoms with E-state index in [2.05, 4.69) is 34.5 Å². The molecule has 1 N–H and O–H groups in total. The van der Waals surface area contributed by atoms with E-state index in [1.54, 1.807) is 4.57 Å². The molecule has 0 bridgehead atoms. The van der Waals surface area contributed by atoms with Gasteiger partial charge in [-0.15, -0.1) is 5.10 Å². The zero-order chi connectivity index (χ0) is 25.8. The summed E-state index contributed by atoms with van der Waals surface area (Å²) in [6.07, 6.45) is 1.51. The largest absolute Gasteiger partial charge is 0.333 e. The average Bonchev–Trinajstić information content (AvgIpc) is 3.55. The van der Waals surface area contributed by atoms with Crippen molar-refractivity contribution in [1.82, 2.24) is 29.8 Å². The van der Waals surface area contributed by atoms with Gasteiger partial charge >= 0.3 is 5.69 Å². The number of halogens is 1. The zero-order valence-corrected chi connectivity index (χ0v) is 20.9. The number of para-hydroxylation sites is 1. The minimum absolute atomic E-state index is 0.218. The van der Waals surface area contributed by atoms with Gasteiger partial charge in [-0.05, 0) is 58.0 Å². The first-order chi connectivity index (χ1) is 18.1. The van der Waals surface area contributed by atoms with Gasteiger partial charge in [0.25, 0.3) is 0 Å². The average molecular weight is 497 g/mol. The first-order valence-corrected chi connectivity index (χ1v) is 12.4. The van der Waals surface area contributed by atoms with Crippen LogP contribution in [0.5, 0.6) is 0 Å². The maximum atomic E-state index is 14.4. The van der Waals surface area contributed by atoms with Crippen LogP contribution in [-0.4, -0.2) is 29.8 Å². The molecule has 3 aromatic carbocycles. The fraction of sp³-hybridized carbons (Fsp3) is 0.241. The van der Waals surface area contributed by atoms with Crippen molar-refractivity contribution in [2.45, 2.75) is 39.9 Å². The van der Waals surface area contributed by atoms with Gasteiger partial charge in [0, 0.05) is 11.3 Å². The van der Waals surface area contributed by atoms with Crippen molar-refractivity contribution in [3.8, 4) is 28.2 Å². The minimum Gasteiger partial charge on any atom is -0.291 e. The van der Waals surface area contributed by atoms with Gasteiger partial charge < -0.3 is 0 Å². The normalized spacial score (nSPS) is 11.4. The zero-order valence-electron chi connectivity index (χ0n) is 20.9. The monoisotopic (exact) mass is 496 g/mol. The van der Waals surface area contributed by atoms with Gasteiger partial charge in [-0.2, -0.15) is 0 Å². The quantitative estimate of drug-likeness (QED) is 0.288. The molecule has 0 fully saturated rings. The molecule has 0 unspecified atom stereocenters. The summed E-state index contributed by atoms with van der Waals surface area (Å²) in [5, 5.41) is 14.3. The Morgan fingerprint density at radius 1 is 0.892 bits per heavy atom. The first-order valence-electron chi connectivity index (χ1n) is 12.4. The van der Waals surface area contributed by atoms with E-state index in [-0.39, 0.29) is 5.69 Å². The highest BCUT2D eigenvalue weighted by molar-refractivity contribution is 5.80. The van der Waals surface area contributed by atoms with Crippen LogP contribution in [0.15, 0.2) is 83.7 Å². The maximum Gasteiger partial charge on any atom is 0.333 e. The van der Waals surface area contributed by atoms with Crippen molar-refractivity contribution in [2.75, 3.05) is 0 Å². The van der Waals surface area contributed by atoms with Gasteiger partial charge in [-0.3, -0.25) is 9.13 Å². The number of H-pyrrole nitrogens is 1. The summed E-state index contributed by atoms with van der Waals surface area (Å²) in [4.78, 5) is 13.6. The Hall–Kier alpha value is -4.33. The molecule has 0 saturated carbocycles. The summed E-state index contributed by atoms with van der Waals surface area (Å²) >= 11 is 0. The van der Waals surface area contributed by atoms with Crippen LogP contribution >= 0.6 is 0 Å². The van der Waals surface area contributed by atoms with E-state index in [0.717, 1.165) is 34.4 Å². The van der Waals surface area contributed by atoms with Crippen LogP contribution in [0.3, 0.4) is 0 Å². The molecule has 0 spiro atoms. The van der Waals surface area contributed by atoms with E-state index in [1.165, 1.54) is 4.57 Å². The van der Waals surface area contributed by atoms with E-state index < -0.39 is 6.67 Å². The SMILES string of the molecule is CC(C)CCc1c(CF)n(-c2ccccc2)c(=O)n1Cc1ccc(-c2ccccc2-c2nnn[nH]2)cc1. The van der Waals surface area contributed by atoms with Crippen LogP contribution in [0.25, 0.3) is 28.2 Å². The van der Waals surface area contributed by atoms with Crippen LogP contribution < -0.4 is 5.69 Å². The predicted molar refractivity (Wildman–Crippen MR) is 142 cm³/mol. The smallest absolute Gasteiger partial charge is 0.291 e. The molecule has 2 heterocycles. The Balaban J connectivity index is 1.52. The number of nitrogens with zero attached hydrogens (tertiary/aromatic N) is 5. The number of hydrogen-bond acceptors (Lipinski definition) is 4. The number of hydrogen-bond donors (Lipinski definition) is 1. The number of rotatable bonds is 9. The number of benzene rings is 3. The van der Waals surface area contributed by atoms with Crippen LogP contribution in [0, 0.1) is 5.92 Å². The highest BCUT2D eigenvalue weighted by atomic mass is 19.1. The Bertz CT molecular complexity index is 1520. The molecule has 5 rings (SSSR count). The lowest BCUT2D eigenvalue weighted by atomic mass is 9.98. The topological polar surface area (TPSA) is 81.4 Å². The number of nitrogens with one attached hydrogen (secondary N) is 1. The van der Waals surface area contributed by atoms with Crippen molar-refractivity contribution in [2.24, 2.45) is 5.92 Å². The summed E-state index contributed by atoms with van der Waals surface area (Å²) in [6.45, 7) is 3.94. The Kier molecular flexibility index (Phi) is 7.07. The fourth-order valence-electron chi connectivity index (χ4n) is 4.67. The number of imidazole rings is 1. The standard InChI is InChI=1S/C29H29FN6O/c1-20(2)12-17-26-27(18-30)36(23-8-4-3-5-9-23)29(37)35(26)19-21-13-15-22(16-14-21)24-10-6-7-11-25(24)28-31-33-34-32-28/h3-11,13-16,20H,12,17-19H2,1-2H3,(H,31,32,33,34). The van der Waals surface area contributed by atoms with Crippen LogP contribution in [0.1, 0.15) is 37.2 Å². The summed E-state index contributed by atoms with van der Waals surface area (Å²) in [6, 6.07) is 25.3. The van der Waals surface area contributed by atoms with Crippen LogP contribution in [-0.2, 0) is 19.6 Å². The molecule has 0 aliphatic rings. The molecule has 8 heteroatoms. The van der Waals surface area contributed by atoms with Crippen LogP contribution in [0.2, 0.25) is 0 Å². The van der Waals surface area contributed by atoms with E-state index in [0.29, 0.717) is 36.1 Å². The van der Waals surface area contributed by atoms with Crippen molar-refractivity contribution >= 4 is 0 Å². The van der Waals surface area contributed by atoms with Crippen molar-refractivity contribution in [1.29, 1.82) is 0 Å². The summed E-state index contributed by atoms with van der Waals surface area (Å²) in [5.74, 6) is 1.04. The molecule has 37 heavy (non-hydrogen) atoms. The Morgan fingerprint density at radius 3 is 2.24 bits per heavy atom. The minimum atomic E-state index is -0.698. The molecule has 0 saturated heterocycles. The molecular formula is C29H29FN6O. The molecule has 0 aliphatic heterocycles. The molecule has 0 aliphatic carbocycles. The summed E-state index contributed by atoms with van der Waals surface area (Å²) in [5.41, 5.74) is 5.53. The molecule has 5 aromatic rings. The fourth-order valence-corrected chi connectivity index (χ4v) is 4.67. The molecule has 188 valence electrons. The summed E-state index contributed by atoms with van der Waals surface area (Å²) < 4.78 is 17.6. The third-order valence-electron chi connectivity index (χ3n) is 6.58. The molecule has 2 aromatic heterocycles. The molecule has 7 nitrogen and oxygen atoms in total. The number of alkyl halides is 1. The lowest BCUT2D eigenvalue weighted by Gasteiger charge is -2.12. The van der Waals surface area contributed by atoms with Gasteiger partial charge in [0.15, 0.2) is 5.82 Å². The highest BCUT2D eigenvalue weighted by Gasteiger charge is 2.21. The van der Waals surface area contributed by atoms with Gasteiger partial charge in [0.2, 0.25) is 0 Å². The third-order valence-corrected chi connectivity index (χ3v) is 6.58. The van der Waals surface area contributed by atoms with E-state index in [9.17, 15) is 9.18 Å². The van der Waals surface area contributed by atoms with Crippen LogP contribution in [0.4, 0.5) is 4.39 Å². The second kappa shape index (κ2) is 10.7. The van der Waals surface area contributed by atoms with E-state index >= 15 is 0 Å². The molecule has 0 radical (unpaired) electrons. The molecule has 0 atom stereocenters. The van der Waals surface area contributed by atoms with Gasteiger partial charge in [0.05, 0.1) is 17.9 Å². The van der Waals surface area contributed by atoms with E-state index in [1.807, 2.05) is 78.9 Å². The molecular weight excluding hydrogens is 467 g/mol. The summed E-state index contributed by atoms with van der Waals surface area (Å²) in [7, 11) is 0. The Morgan fingerprint density at radius 2 is 1.59 bits per heavy atom. The Labute approximate surface area is 214 Å². The number of aromatic nitrogens is 6. The van der Waals surface area contributed by atoms with Gasteiger partial charge in [-0.25, -0.2) is 14.3 Å².